The average molecular weight is 1530 g/mol. The maximum atomic E-state index is 13.1. The van der Waals surface area contributed by atoms with Gasteiger partial charge in [-0.15, -0.1) is 0 Å². The topological polar surface area (TPSA) is 237 Å². The van der Waals surface area contributed by atoms with Gasteiger partial charge in [-0.2, -0.15) is 0 Å². The van der Waals surface area contributed by atoms with E-state index in [0.717, 1.165) is 161 Å². The maximum Gasteiger partial charge on any atom is 0.472 e. The summed E-state index contributed by atoms with van der Waals surface area (Å²) in [5.74, 6) is -2.35. The molecule has 0 saturated carbocycles. The number of hydrogen-bond acceptors (Lipinski definition) is 15. The Kier molecular flexibility index (Phi) is 74.3. The van der Waals surface area contributed by atoms with Crippen LogP contribution in [0.2, 0.25) is 0 Å². The Morgan fingerprint density at radius 1 is 0.274 bits per heavy atom. The third kappa shape index (κ3) is 77.1. The third-order valence-corrected chi connectivity index (χ3v) is 18.7. The monoisotopic (exact) mass is 1530 g/mol. The third-order valence-electron chi connectivity index (χ3n) is 16.8. The quantitative estimate of drug-likeness (QED) is 0.0169. The Morgan fingerprint density at radius 2 is 0.519 bits per heavy atom. The minimum atomic E-state index is -5.01. The van der Waals surface area contributed by atoms with Gasteiger partial charge in [0.25, 0.3) is 0 Å². The summed E-state index contributed by atoms with van der Waals surface area (Å²) in [6.45, 7) is 4.57. The zero-order chi connectivity index (χ0) is 77.4. The van der Waals surface area contributed by atoms with E-state index < -0.39 is 97.5 Å². The lowest BCUT2D eigenvalue weighted by Crippen LogP contribution is -2.30. The van der Waals surface area contributed by atoms with Gasteiger partial charge in [0, 0.05) is 25.7 Å². The Balaban J connectivity index is 5.49. The summed E-state index contributed by atoms with van der Waals surface area (Å²) in [7, 11) is -10.0. The number of unbranched alkanes of at least 4 members (excludes halogenated alkanes) is 26. The van der Waals surface area contributed by atoms with Crippen molar-refractivity contribution < 1.29 is 80.2 Å². The van der Waals surface area contributed by atoms with Crippen LogP contribution in [0.1, 0.15) is 323 Å². The van der Waals surface area contributed by atoms with Crippen LogP contribution in [0.5, 0.6) is 0 Å². The lowest BCUT2D eigenvalue weighted by atomic mass is 10.1. The Bertz CT molecular complexity index is 2580. The Labute approximate surface area is 643 Å². The molecule has 0 amide bonds. The van der Waals surface area contributed by atoms with E-state index in [4.69, 9.17) is 37.0 Å². The number of ether oxygens (including phenoxy) is 4. The molecule has 0 fully saturated rings. The molecule has 0 spiro atoms. The van der Waals surface area contributed by atoms with E-state index in [2.05, 4.69) is 143 Å². The number of allylic oxidation sites excluding steroid dienone is 24. The standard InChI is InChI=1S/C87H146O17P2/c1-5-9-13-17-21-25-29-33-37-39-40-42-46-50-54-58-62-66-70-74-87(92)104-83(77-97-84(89)71-67-63-59-55-51-47-43-35-31-27-23-19-15-11-7-3)80-102-106(95,96)100-76-81(88)75-99-105(93,94)101-79-82(103-86(91)73-69-65-61-57-53-49-44-36-32-28-24-20-16-12-8-4)78-98-85(90)72-68-64-60-56-52-48-45-41-38-34-30-26-22-18-14-10-6-2/h9,13,21-22,25-28,31-34,37-38,40,42,45,48,50,54,56,60,62,66,81-83,88H,5-8,10-12,14-20,23-24,29-30,35-36,39,41,43-44,46-47,49,51-53,55,57-59,61,63-65,67-80H2,1-4H3,(H,93,94)(H,95,96)/b13-9-,25-21-,26-22-,31-27-,32-28-,37-33-,38-34-,42-40-,48-45-,54-50-,60-56-,66-62-/t81-,82-,83-/m1/s1. The molecule has 19 heteroatoms. The molecule has 0 bridgehead atoms. The van der Waals surface area contributed by atoms with Crippen LogP contribution in [0, 0.1) is 0 Å². The summed E-state index contributed by atoms with van der Waals surface area (Å²) in [5, 5.41) is 10.7. The van der Waals surface area contributed by atoms with Crippen molar-refractivity contribution in [3.8, 4) is 0 Å². The molecule has 0 aromatic carbocycles. The molecule has 0 aliphatic heterocycles. The number of aliphatic hydroxyl groups excluding tert-OH is 1. The molecule has 0 aromatic rings. The summed E-state index contributed by atoms with van der Waals surface area (Å²) in [6, 6.07) is 0. The Morgan fingerprint density at radius 3 is 0.877 bits per heavy atom. The molecule has 0 aliphatic carbocycles. The van der Waals surface area contributed by atoms with Crippen molar-refractivity contribution in [3.63, 3.8) is 0 Å². The molecule has 0 rings (SSSR count). The van der Waals surface area contributed by atoms with Gasteiger partial charge in [0.15, 0.2) is 12.2 Å². The van der Waals surface area contributed by atoms with Gasteiger partial charge in [-0.05, 0) is 154 Å². The number of esters is 4. The lowest BCUT2D eigenvalue weighted by molar-refractivity contribution is -0.161. The van der Waals surface area contributed by atoms with Crippen LogP contribution in [-0.4, -0.2) is 96.7 Å². The van der Waals surface area contributed by atoms with E-state index in [1.807, 2.05) is 30.4 Å². The van der Waals surface area contributed by atoms with Crippen LogP contribution in [0.15, 0.2) is 146 Å². The average Bonchev–Trinajstić information content (AvgIpc) is 0.908. The molecular weight excluding hydrogens is 1380 g/mol. The minimum Gasteiger partial charge on any atom is -0.462 e. The predicted octanol–water partition coefficient (Wildman–Crippen LogP) is 24.2. The van der Waals surface area contributed by atoms with Gasteiger partial charge in [-0.1, -0.05) is 289 Å². The number of phosphoric ester groups is 2. The highest BCUT2D eigenvalue weighted by Crippen LogP contribution is 2.45. The van der Waals surface area contributed by atoms with Gasteiger partial charge >= 0.3 is 39.5 Å². The van der Waals surface area contributed by atoms with E-state index in [9.17, 15) is 43.2 Å². The van der Waals surface area contributed by atoms with E-state index in [1.165, 1.54) is 70.6 Å². The van der Waals surface area contributed by atoms with Crippen LogP contribution in [-0.2, 0) is 65.4 Å². The fourth-order valence-corrected chi connectivity index (χ4v) is 12.1. The van der Waals surface area contributed by atoms with Crippen LogP contribution < -0.4 is 0 Å². The lowest BCUT2D eigenvalue weighted by Gasteiger charge is -2.21. The molecular formula is C87H146O17P2. The maximum absolute atomic E-state index is 13.1. The molecule has 0 aliphatic rings. The number of rotatable bonds is 76. The van der Waals surface area contributed by atoms with Crippen LogP contribution in [0.25, 0.3) is 0 Å². The summed E-state index contributed by atoms with van der Waals surface area (Å²) < 4.78 is 68.5. The first-order valence-electron chi connectivity index (χ1n) is 41.1. The van der Waals surface area contributed by atoms with Crippen LogP contribution in [0.3, 0.4) is 0 Å². The first-order valence-corrected chi connectivity index (χ1v) is 44.1. The molecule has 5 atom stereocenters. The van der Waals surface area contributed by atoms with Gasteiger partial charge in [-0.3, -0.25) is 37.3 Å². The van der Waals surface area contributed by atoms with Gasteiger partial charge in [0.2, 0.25) is 0 Å². The van der Waals surface area contributed by atoms with E-state index in [-0.39, 0.29) is 25.7 Å². The normalized spacial score (nSPS) is 14.6. The van der Waals surface area contributed by atoms with Crippen molar-refractivity contribution in [3.05, 3.63) is 146 Å². The number of phosphoric acid groups is 2. The van der Waals surface area contributed by atoms with Crippen LogP contribution in [0.4, 0.5) is 0 Å². The van der Waals surface area contributed by atoms with Crippen molar-refractivity contribution in [1.82, 2.24) is 0 Å². The van der Waals surface area contributed by atoms with Gasteiger partial charge in [-0.25, -0.2) is 9.13 Å². The molecule has 0 radical (unpaired) electrons. The second-order valence-corrected chi connectivity index (χ2v) is 29.9. The highest BCUT2D eigenvalue weighted by molar-refractivity contribution is 7.47. The van der Waals surface area contributed by atoms with E-state index in [1.54, 1.807) is 0 Å². The number of aliphatic hydroxyl groups is 1. The minimum absolute atomic E-state index is 0.0355. The first kappa shape index (κ1) is 101. The first-order chi connectivity index (χ1) is 51.7. The van der Waals surface area contributed by atoms with Crippen molar-refractivity contribution in [2.45, 2.75) is 341 Å². The largest absolute Gasteiger partial charge is 0.472 e. The van der Waals surface area contributed by atoms with E-state index >= 15 is 0 Å². The summed E-state index contributed by atoms with van der Waals surface area (Å²) in [5.41, 5.74) is 0. The molecule has 17 nitrogen and oxygen atoms in total. The molecule has 3 N–H and O–H groups in total. The van der Waals surface area contributed by atoms with Crippen molar-refractivity contribution >= 4 is 39.5 Å². The molecule has 2 unspecified atom stereocenters. The summed E-state index contributed by atoms with van der Waals surface area (Å²) >= 11 is 0. The fourth-order valence-electron chi connectivity index (χ4n) is 10.5. The molecule has 0 heterocycles. The second-order valence-electron chi connectivity index (χ2n) is 27.0. The SMILES string of the molecule is CC/C=C\C/C=C\C/C=C\C/C=C\C/C=C\C/C=C\CCC(=O)O[C@H](COC(=O)CCCCCCCCC/C=C\CCCCCC)COP(=O)(O)OC[C@H](O)COP(=O)(O)OC[C@@H](COC(=O)CCC/C=C\C/C=C\C/C=C\C/C=C\CCCCC)OC(=O)CCCCCCCCC/C=C\CCCCCC. The van der Waals surface area contributed by atoms with E-state index in [0.29, 0.717) is 38.5 Å². The van der Waals surface area contributed by atoms with Gasteiger partial charge in [0.1, 0.15) is 19.3 Å². The zero-order valence-corrected chi connectivity index (χ0v) is 68.1. The second kappa shape index (κ2) is 78.1. The Hall–Kier alpha value is -5.06. The smallest absolute Gasteiger partial charge is 0.462 e. The molecule has 0 aromatic heterocycles. The number of carbonyl (C=O) groups is 4. The van der Waals surface area contributed by atoms with Gasteiger partial charge < -0.3 is 33.8 Å². The predicted molar refractivity (Wildman–Crippen MR) is 436 cm³/mol. The summed E-state index contributed by atoms with van der Waals surface area (Å²) in [6.07, 6.45) is 89.8. The highest BCUT2D eigenvalue weighted by Gasteiger charge is 2.30. The summed E-state index contributed by atoms with van der Waals surface area (Å²) in [4.78, 5) is 73.1. The van der Waals surface area contributed by atoms with Crippen molar-refractivity contribution in [1.29, 1.82) is 0 Å². The number of carbonyl (C=O) groups excluding carboxylic acids is 4. The highest BCUT2D eigenvalue weighted by atomic mass is 31.2. The zero-order valence-electron chi connectivity index (χ0n) is 66.3. The van der Waals surface area contributed by atoms with Gasteiger partial charge in [0.05, 0.1) is 26.4 Å². The number of hydrogen-bond donors (Lipinski definition) is 3. The van der Waals surface area contributed by atoms with Crippen LogP contribution >= 0.6 is 15.6 Å². The fraction of sp³-hybridized carbons (Fsp3) is 0.678. The molecule has 606 valence electrons. The molecule has 0 saturated heterocycles. The van der Waals surface area contributed by atoms with Crippen molar-refractivity contribution in [2.24, 2.45) is 0 Å². The molecule has 106 heavy (non-hydrogen) atoms. The van der Waals surface area contributed by atoms with Crippen molar-refractivity contribution in [2.75, 3.05) is 39.6 Å².